The number of likely N-dealkylation sites (N-methyl/N-ethyl adjacent to an activating group) is 1. The van der Waals surface area contributed by atoms with Gasteiger partial charge in [-0.3, -0.25) is 4.68 Å². The van der Waals surface area contributed by atoms with Crippen LogP contribution in [0.5, 0.6) is 0 Å². The molecule has 0 aliphatic carbocycles. The van der Waals surface area contributed by atoms with Crippen molar-refractivity contribution in [2.24, 2.45) is 7.05 Å². The van der Waals surface area contributed by atoms with Crippen LogP contribution in [-0.2, 0) is 18.9 Å². The molecule has 1 aromatic carbocycles. The van der Waals surface area contributed by atoms with Crippen molar-refractivity contribution in [2.45, 2.75) is 25.2 Å². The standard InChI is InChI=1S/C15H22N4/c1-4-15(12-16-2,13-8-6-5-7-9-13)10-14-11-19(3)18-17-14/h5-9,11,16H,4,10,12H2,1-3H3. The van der Waals surface area contributed by atoms with Gasteiger partial charge < -0.3 is 5.32 Å². The van der Waals surface area contributed by atoms with Gasteiger partial charge in [0, 0.05) is 31.6 Å². The predicted octanol–water partition coefficient (Wildman–Crippen LogP) is 1.92. The Balaban J connectivity index is 2.34. The van der Waals surface area contributed by atoms with Crippen molar-refractivity contribution in [1.29, 1.82) is 0 Å². The van der Waals surface area contributed by atoms with E-state index in [4.69, 9.17) is 0 Å². The monoisotopic (exact) mass is 258 g/mol. The SMILES string of the molecule is CCC(CNC)(Cc1cn(C)nn1)c1ccccc1. The van der Waals surface area contributed by atoms with Crippen LogP contribution in [0.25, 0.3) is 0 Å². The van der Waals surface area contributed by atoms with Crippen molar-refractivity contribution in [3.05, 3.63) is 47.8 Å². The van der Waals surface area contributed by atoms with Crippen LogP contribution in [0.1, 0.15) is 24.6 Å². The highest BCUT2D eigenvalue weighted by Gasteiger charge is 2.30. The molecule has 1 heterocycles. The van der Waals surface area contributed by atoms with Gasteiger partial charge in [-0.15, -0.1) is 5.10 Å². The zero-order valence-corrected chi connectivity index (χ0v) is 11.9. The molecule has 0 aliphatic heterocycles. The molecule has 0 spiro atoms. The van der Waals surface area contributed by atoms with E-state index in [0.717, 1.165) is 25.1 Å². The molecular weight excluding hydrogens is 236 g/mol. The van der Waals surface area contributed by atoms with Crippen LogP contribution in [0.4, 0.5) is 0 Å². The first kappa shape index (κ1) is 13.7. The summed E-state index contributed by atoms with van der Waals surface area (Å²) in [6, 6.07) is 10.7. The summed E-state index contributed by atoms with van der Waals surface area (Å²) in [6.45, 7) is 3.17. The minimum absolute atomic E-state index is 0.0754. The maximum absolute atomic E-state index is 4.24. The molecule has 1 atom stereocenters. The van der Waals surface area contributed by atoms with Crippen LogP contribution in [-0.4, -0.2) is 28.6 Å². The Morgan fingerprint density at radius 2 is 2.00 bits per heavy atom. The van der Waals surface area contributed by atoms with E-state index in [9.17, 15) is 0 Å². The van der Waals surface area contributed by atoms with Gasteiger partial charge in [-0.2, -0.15) is 0 Å². The summed E-state index contributed by atoms with van der Waals surface area (Å²) in [5.41, 5.74) is 2.48. The molecule has 102 valence electrons. The molecule has 0 bridgehead atoms. The first-order chi connectivity index (χ1) is 9.20. The molecule has 2 rings (SSSR count). The molecule has 2 aromatic rings. The lowest BCUT2D eigenvalue weighted by Crippen LogP contribution is -2.38. The molecule has 0 saturated carbocycles. The van der Waals surface area contributed by atoms with Gasteiger partial charge in [0.1, 0.15) is 0 Å². The number of hydrogen-bond donors (Lipinski definition) is 1. The van der Waals surface area contributed by atoms with E-state index >= 15 is 0 Å². The summed E-state index contributed by atoms with van der Waals surface area (Å²) < 4.78 is 1.76. The molecule has 0 fully saturated rings. The number of aryl methyl sites for hydroxylation is 1. The fourth-order valence-corrected chi connectivity index (χ4v) is 2.67. The Bertz CT molecular complexity index is 506. The third-order valence-electron chi connectivity index (χ3n) is 3.75. The van der Waals surface area contributed by atoms with E-state index in [1.54, 1.807) is 4.68 Å². The fourth-order valence-electron chi connectivity index (χ4n) is 2.67. The van der Waals surface area contributed by atoms with Crippen LogP contribution in [0.15, 0.2) is 36.5 Å². The smallest absolute Gasteiger partial charge is 0.0836 e. The van der Waals surface area contributed by atoms with Gasteiger partial charge in [0.2, 0.25) is 0 Å². The molecule has 4 nitrogen and oxygen atoms in total. The normalized spacial score (nSPS) is 14.3. The van der Waals surface area contributed by atoms with E-state index in [-0.39, 0.29) is 5.41 Å². The van der Waals surface area contributed by atoms with Gasteiger partial charge in [-0.25, -0.2) is 0 Å². The number of nitrogens with one attached hydrogen (secondary N) is 1. The summed E-state index contributed by atoms with van der Waals surface area (Å²) in [4.78, 5) is 0. The first-order valence-corrected chi connectivity index (χ1v) is 6.75. The Morgan fingerprint density at radius 1 is 1.26 bits per heavy atom. The minimum atomic E-state index is 0.0754. The largest absolute Gasteiger partial charge is 0.319 e. The Hall–Kier alpha value is -1.68. The van der Waals surface area contributed by atoms with E-state index in [0.29, 0.717) is 0 Å². The molecule has 1 aromatic heterocycles. The maximum Gasteiger partial charge on any atom is 0.0836 e. The highest BCUT2D eigenvalue weighted by Crippen LogP contribution is 2.30. The average Bonchev–Trinajstić information content (AvgIpc) is 2.84. The molecule has 0 amide bonds. The zero-order chi connectivity index (χ0) is 13.7. The Labute approximate surface area is 114 Å². The van der Waals surface area contributed by atoms with Crippen LogP contribution in [0.3, 0.4) is 0 Å². The first-order valence-electron chi connectivity index (χ1n) is 6.75. The summed E-state index contributed by atoms with van der Waals surface area (Å²) in [5, 5.41) is 11.6. The second kappa shape index (κ2) is 5.97. The van der Waals surface area contributed by atoms with Crippen molar-refractivity contribution in [3.63, 3.8) is 0 Å². The Kier molecular flexibility index (Phi) is 4.32. The van der Waals surface area contributed by atoms with Gasteiger partial charge in [-0.05, 0) is 19.0 Å². The van der Waals surface area contributed by atoms with Crippen LogP contribution >= 0.6 is 0 Å². The van der Waals surface area contributed by atoms with E-state index in [1.165, 1.54) is 5.56 Å². The van der Waals surface area contributed by atoms with Gasteiger partial charge in [-0.1, -0.05) is 42.5 Å². The van der Waals surface area contributed by atoms with E-state index in [1.807, 2.05) is 20.3 Å². The van der Waals surface area contributed by atoms with E-state index in [2.05, 4.69) is 52.9 Å². The van der Waals surface area contributed by atoms with Gasteiger partial charge in [0.25, 0.3) is 0 Å². The molecule has 0 radical (unpaired) electrons. The third kappa shape index (κ3) is 3.01. The second-order valence-electron chi connectivity index (χ2n) is 5.09. The number of hydrogen-bond acceptors (Lipinski definition) is 3. The molecule has 1 unspecified atom stereocenters. The average molecular weight is 258 g/mol. The number of rotatable bonds is 6. The summed E-state index contributed by atoms with van der Waals surface area (Å²) in [5.74, 6) is 0. The predicted molar refractivity (Wildman–Crippen MR) is 77.0 cm³/mol. The Morgan fingerprint density at radius 3 is 2.53 bits per heavy atom. The lowest BCUT2D eigenvalue weighted by molar-refractivity contribution is 0.387. The molecule has 0 saturated heterocycles. The van der Waals surface area contributed by atoms with Crippen molar-refractivity contribution >= 4 is 0 Å². The molecule has 19 heavy (non-hydrogen) atoms. The lowest BCUT2D eigenvalue weighted by Gasteiger charge is -2.32. The third-order valence-corrected chi connectivity index (χ3v) is 3.75. The summed E-state index contributed by atoms with van der Waals surface area (Å²) in [7, 11) is 3.91. The second-order valence-corrected chi connectivity index (χ2v) is 5.09. The highest BCUT2D eigenvalue weighted by molar-refractivity contribution is 5.28. The minimum Gasteiger partial charge on any atom is -0.319 e. The van der Waals surface area contributed by atoms with Crippen molar-refractivity contribution < 1.29 is 0 Å². The van der Waals surface area contributed by atoms with Crippen molar-refractivity contribution in [2.75, 3.05) is 13.6 Å². The molecule has 1 N–H and O–H groups in total. The highest BCUT2D eigenvalue weighted by atomic mass is 15.4. The van der Waals surface area contributed by atoms with Crippen LogP contribution in [0.2, 0.25) is 0 Å². The topological polar surface area (TPSA) is 42.7 Å². The van der Waals surface area contributed by atoms with Crippen molar-refractivity contribution in [1.82, 2.24) is 20.3 Å². The lowest BCUT2D eigenvalue weighted by atomic mass is 9.74. The van der Waals surface area contributed by atoms with Gasteiger partial charge >= 0.3 is 0 Å². The van der Waals surface area contributed by atoms with Gasteiger partial charge in [0.05, 0.1) is 5.69 Å². The zero-order valence-electron chi connectivity index (χ0n) is 11.9. The van der Waals surface area contributed by atoms with Crippen LogP contribution < -0.4 is 5.32 Å². The van der Waals surface area contributed by atoms with Crippen LogP contribution in [0, 0.1) is 0 Å². The number of benzene rings is 1. The quantitative estimate of drug-likeness (QED) is 0.861. The number of aromatic nitrogens is 3. The van der Waals surface area contributed by atoms with Crippen molar-refractivity contribution in [3.8, 4) is 0 Å². The maximum atomic E-state index is 4.24. The van der Waals surface area contributed by atoms with E-state index < -0.39 is 0 Å². The number of nitrogens with zero attached hydrogens (tertiary/aromatic N) is 3. The fraction of sp³-hybridized carbons (Fsp3) is 0.467. The van der Waals surface area contributed by atoms with Gasteiger partial charge in [0.15, 0.2) is 0 Å². The molecule has 4 heteroatoms. The summed E-state index contributed by atoms with van der Waals surface area (Å²) >= 11 is 0. The molecular formula is C15H22N4. The summed E-state index contributed by atoms with van der Waals surface area (Å²) in [6.07, 6.45) is 3.97. The molecule has 0 aliphatic rings.